The molecule has 1 N–H and O–H groups in total. The van der Waals surface area contributed by atoms with Gasteiger partial charge in [0.1, 0.15) is 5.75 Å². The van der Waals surface area contributed by atoms with Gasteiger partial charge in [-0.05, 0) is 32.0 Å². The lowest BCUT2D eigenvalue weighted by molar-refractivity contribution is -0.0586. The zero-order valence-corrected chi connectivity index (χ0v) is 11.1. The number of phenols is 1. The first-order valence-electron chi connectivity index (χ1n) is 5.90. The first kappa shape index (κ1) is 13.2. The van der Waals surface area contributed by atoms with E-state index in [2.05, 4.69) is 0 Å². The molecule has 1 aliphatic heterocycles. The highest BCUT2D eigenvalue weighted by molar-refractivity contribution is 6.32. The molecule has 0 aromatic heterocycles. The Morgan fingerprint density at radius 1 is 1.39 bits per heavy atom. The Morgan fingerprint density at radius 2 is 2.00 bits per heavy atom. The fourth-order valence-electron chi connectivity index (χ4n) is 2.17. The van der Waals surface area contributed by atoms with Gasteiger partial charge in [-0.2, -0.15) is 0 Å². The number of carbonyl (C=O) groups is 1. The molecule has 1 fully saturated rings. The highest BCUT2D eigenvalue weighted by Gasteiger charge is 2.26. The second kappa shape index (κ2) is 5.16. The lowest BCUT2D eigenvalue weighted by Gasteiger charge is -2.35. The summed E-state index contributed by atoms with van der Waals surface area (Å²) in [5, 5.41) is 9.53. The molecule has 1 aromatic rings. The number of ether oxygens (including phenoxy) is 1. The van der Waals surface area contributed by atoms with Crippen LogP contribution in [-0.4, -0.2) is 41.2 Å². The zero-order chi connectivity index (χ0) is 13.3. The van der Waals surface area contributed by atoms with Crippen molar-refractivity contribution in [1.82, 2.24) is 4.90 Å². The molecule has 0 radical (unpaired) electrons. The molecule has 0 saturated carbocycles. The molecule has 0 aliphatic carbocycles. The summed E-state index contributed by atoms with van der Waals surface area (Å²) < 4.78 is 5.59. The summed E-state index contributed by atoms with van der Waals surface area (Å²) >= 11 is 5.81. The van der Waals surface area contributed by atoms with Crippen molar-refractivity contribution in [3.63, 3.8) is 0 Å². The van der Waals surface area contributed by atoms with Crippen LogP contribution in [0.1, 0.15) is 24.2 Å². The molecular formula is C13H16ClNO3. The van der Waals surface area contributed by atoms with Crippen molar-refractivity contribution in [2.24, 2.45) is 0 Å². The maximum Gasteiger partial charge on any atom is 0.254 e. The molecule has 0 unspecified atom stereocenters. The Labute approximate surface area is 111 Å². The van der Waals surface area contributed by atoms with Gasteiger partial charge >= 0.3 is 0 Å². The Kier molecular flexibility index (Phi) is 3.78. The number of hydrogen-bond acceptors (Lipinski definition) is 3. The molecule has 1 aliphatic rings. The van der Waals surface area contributed by atoms with E-state index in [1.807, 2.05) is 13.8 Å². The molecule has 2 atom stereocenters. The van der Waals surface area contributed by atoms with Crippen LogP contribution in [0.2, 0.25) is 5.02 Å². The number of hydrogen-bond donors (Lipinski definition) is 1. The van der Waals surface area contributed by atoms with Crippen molar-refractivity contribution in [2.45, 2.75) is 26.1 Å². The normalized spacial score (nSPS) is 24.1. The van der Waals surface area contributed by atoms with Gasteiger partial charge in [0.25, 0.3) is 5.91 Å². The highest BCUT2D eigenvalue weighted by Crippen LogP contribution is 2.25. The summed E-state index contributed by atoms with van der Waals surface area (Å²) in [7, 11) is 0. The van der Waals surface area contributed by atoms with Crippen molar-refractivity contribution in [3.8, 4) is 5.75 Å². The van der Waals surface area contributed by atoms with E-state index in [0.717, 1.165) is 0 Å². The summed E-state index contributed by atoms with van der Waals surface area (Å²) in [6.45, 7) is 5.03. The maximum atomic E-state index is 12.3. The fourth-order valence-corrected chi connectivity index (χ4v) is 2.35. The number of rotatable bonds is 1. The molecule has 0 spiro atoms. The van der Waals surface area contributed by atoms with Gasteiger partial charge in [0.15, 0.2) is 0 Å². The molecule has 4 nitrogen and oxygen atoms in total. The Morgan fingerprint density at radius 3 is 2.56 bits per heavy atom. The first-order chi connectivity index (χ1) is 8.47. The molecule has 18 heavy (non-hydrogen) atoms. The molecule has 1 aromatic carbocycles. The van der Waals surface area contributed by atoms with Gasteiger partial charge < -0.3 is 14.7 Å². The quantitative estimate of drug-likeness (QED) is 0.851. The van der Waals surface area contributed by atoms with Crippen LogP contribution in [0.3, 0.4) is 0 Å². The molecule has 1 heterocycles. The third kappa shape index (κ3) is 2.76. The van der Waals surface area contributed by atoms with Crippen molar-refractivity contribution in [3.05, 3.63) is 28.8 Å². The van der Waals surface area contributed by atoms with Gasteiger partial charge in [-0.3, -0.25) is 4.79 Å². The number of morpholine rings is 1. The van der Waals surface area contributed by atoms with Crippen LogP contribution >= 0.6 is 11.6 Å². The topological polar surface area (TPSA) is 49.8 Å². The molecule has 98 valence electrons. The monoisotopic (exact) mass is 269 g/mol. The second-order valence-corrected chi connectivity index (χ2v) is 5.04. The maximum absolute atomic E-state index is 12.3. The van der Waals surface area contributed by atoms with E-state index in [-0.39, 0.29) is 28.9 Å². The standard InChI is InChI=1S/C13H16ClNO3/c1-8-6-15(7-9(2)18-8)13(17)10-3-4-12(16)11(14)5-10/h3-5,8-9,16H,6-7H2,1-2H3/t8-,9+. The highest BCUT2D eigenvalue weighted by atomic mass is 35.5. The first-order valence-corrected chi connectivity index (χ1v) is 6.28. The zero-order valence-electron chi connectivity index (χ0n) is 10.4. The van der Waals surface area contributed by atoms with Crippen LogP contribution in [0.25, 0.3) is 0 Å². The van der Waals surface area contributed by atoms with Crippen molar-refractivity contribution < 1.29 is 14.6 Å². The number of benzene rings is 1. The van der Waals surface area contributed by atoms with Gasteiger partial charge in [-0.25, -0.2) is 0 Å². The number of aromatic hydroxyl groups is 1. The van der Waals surface area contributed by atoms with Gasteiger partial charge in [0.05, 0.1) is 17.2 Å². The van der Waals surface area contributed by atoms with Crippen molar-refractivity contribution in [1.29, 1.82) is 0 Å². The Hall–Kier alpha value is -1.26. The van der Waals surface area contributed by atoms with Gasteiger partial charge in [-0.1, -0.05) is 11.6 Å². The predicted octanol–water partition coefficient (Wildman–Crippen LogP) is 2.29. The van der Waals surface area contributed by atoms with E-state index in [0.29, 0.717) is 18.7 Å². The van der Waals surface area contributed by atoms with E-state index in [1.54, 1.807) is 11.0 Å². The molecule has 1 amide bonds. The van der Waals surface area contributed by atoms with Crippen molar-refractivity contribution >= 4 is 17.5 Å². The molecule has 5 heteroatoms. The minimum atomic E-state index is -0.0844. The molecule has 0 bridgehead atoms. The number of amides is 1. The SMILES string of the molecule is C[C@@H]1CN(C(=O)c2ccc(O)c(Cl)c2)C[C@H](C)O1. The van der Waals surface area contributed by atoms with Crippen LogP contribution < -0.4 is 0 Å². The number of carbonyl (C=O) groups excluding carboxylic acids is 1. The minimum absolute atomic E-state index is 0.0167. The Bertz CT molecular complexity index is 454. The van der Waals surface area contributed by atoms with Crippen LogP contribution in [0.4, 0.5) is 0 Å². The summed E-state index contributed by atoms with van der Waals surface area (Å²) in [5.74, 6) is -0.101. The smallest absolute Gasteiger partial charge is 0.254 e. The summed E-state index contributed by atoms with van der Waals surface area (Å²) in [6, 6.07) is 4.50. The van der Waals surface area contributed by atoms with Crippen LogP contribution in [0, 0.1) is 0 Å². The van der Waals surface area contributed by atoms with Gasteiger partial charge in [0.2, 0.25) is 0 Å². The fraction of sp³-hybridized carbons (Fsp3) is 0.462. The summed E-state index contributed by atoms with van der Waals surface area (Å²) in [6.07, 6.45) is 0.0653. The van der Waals surface area contributed by atoms with Gasteiger partial charge in [-0.15, -0.1) is 0 Å². The summed E-state index contributed by atoms with van der Waals surface area (Å²) in [4.78, 5) is 14.0. The largest absolute Gasteiger partial charge is 0.506 e. The van der Waals surface area contributed by atoms with Crippen molar-refractivity contribution in [2.75, 3.05) is 13.1 Å². The van der Waals surface area contributed by atoms with E-state index in [9.17, 15) is 9.90 Å². The van der Waals surface area contributed by atoms with E-state index >= 15 is 0 Å². The summed E-state index contributed by atoms with van der Waals surface area (Å²) in [5.41, 5.74) is 0.485. The van der Waals surface area contributed by atoms with Crippen LogP contribution in [0.15, 0.2) is 18.2 Å². The lowest BCUT2D eigenvalue weighted by atomic mass is 10.1. The van der Waals surface area contributed by atoms with Crippen LogP contribution in [-0.2, 0) is 4.74 Å². The number of halogens is 1. The van der Waals surface area contributed by atoms with E-state index < -0.39 is 0 Å². The Balaban J connectivity index is 2.17. The average molecular weight is 270 g/mol. The lowest BCUT2D eigenvalue weighted by Crippen LogP contribution is -2.48. The van der Waals surface area contributed by atoms with E-state index in [4.69, 9.17) is 16.3 Å². The molecule has 1 saturated heterocycles. The molecular weight excluding hydrogens is 254 g/mol. The molecule has 2 rings (SSSR count). The van der Waals surface area contributed by atoms with Gasteiger partial charge in [0, 0.05) is 18.7 Å². The third-order valence-electron chi connectivity index (χ3n) is 2.90. The average Bonchev–Trinajstić information content (AvgIpc) is 2.30. The third-order valence-corrected chi connectivity index (χ3v) is 3.20. The predicted molar refractivity (Wildman–Crippen MR) is 69.0 cm³/mol. The van der Waals surface area contributed by atoms with Crippen LogP contribution in [0.5, 0.6) is 5.75 Å². The van der Waals surface area contributed by atoms with E-state index in [1.165, 1.54) is 12.1 Å². The number of phenolic OH excluding ortho intramolecular Hbond substituents is 1. The minimum Gasteiger partial charge on any atom is -0.506 e. The second-order valence-electron chi connectivity index (χ2n) is 4.63. The number of nitrogens with zero attached hydrogens (tertiary/aromatic N) is 1.